The lowest BCUT2D eigenvalue weighted by Gasteiger charge is -2.16. The summed E-state index contributed by atoms with van der Waals surface area (Å²) in [4.78, 5) is 42.4. The molecular weight excluding hydrogens is 404 g/mol. The molecule has 3 amide bonds. The van der Waals surface area contributed by atoms with Crippen LogP contribution in [0.1, 0.15) is 35.2 Å². The summed E-state index contributed by atoms with van der Waals surface area (Å²) >= 11 is 0. The van der Waals surface area contributed by atoms with Gasteiger partial charge in [0.25, 0.3) is 11.8 Å². The van der Waals surface area contributed by atoms with Gasteiger partial charge in [0.2, 0.25) is 5.91 Å². The summed E-state index contributed by atoms with van der Waals surface area (Å²) in [6.07, 6.45) is 5.65. The van der Waals surface area contributed by atoms with Gasteiger partial charge in [0, 0.05) is 54.3 Å². The van der Waals surface area contributed by atoms with Crippen molar-refractivity contribution in [3.63, 3.8) is 0 Å². The molecular formula is C25H26N4O3. The van der Waals surface area contributed by atoms with Crippen molar-refractivity contribution in [1.29, 1.82) is 0 Å². The van der Waals surface area contributed by atoms with Crippen LogP contribution in [0.25, 0.3) is 17.0 Å². The average Bonchev–Trinajstić information content (AvgIpc) is 3.42. The van der Waals surface area contributed by atoms with Crippen LogP contribution in [0.4, 0.5) is 0 Å². The SMILES string of the molecule is O=C(NCCCN1CCCC1=O)C(=Cc1c[nH]c2ccccc12)NC(=O)c1ccccc1. The monoisotopic (exact) mass is 430 g/mol. The molecule has 1 aliphatic rings. The smallest absolute Gasteiger partial charge is 0.267 e. The summed E-state index contributed by atoms with van der Waals surface area (Å²) in [5, 5.41) is 6.58. The van der Waals surface area contributed by atoms with Crippen LogP contribution in [0, 0.1) is 0 Å². The molecule has 1 fully saturated rings. The van der Waals surface area contributed by atoms with Crippen molar-refractivity contribution in [2.45, 2.75) is 19.3 Å². The quantitative estimate of drug-likeness (QED) is 0.379. The van der Waals surface area contributed by atoms with E-state index in [0.29, 0.717) is 31.5 Å². The van der Waals surface area contributed by atoms with Gasteiger partial charge in [0.05, 0.1) is 0 Å². The topological polar surface area (TPSA) is 94.3 Å². The normalized spacial score (nSPS) is 14.1. The first-order valence-corrected chi connectivity index (χ1v) is 10.8. The zero-order valence-corrected chi connectivity index (χ0v) is 17.8. The van der Waals surface area contributed by atoms with Gasteiger partial charge >= 0.3 is 0 Å². The van der Waals surface area contributed by atoms with Gasteiger partial charge in [0.1, 0.15) is 5.70 Å². The van der Waals surface area contributed by atoms with Crippen LogP contribution in [0.15, 0.2) is 66.5 Å². The van der Waals surface area contributed by atoms with Crippen molar-refractivity contribution in [2.24, 2.45) is 0 Å². The first-order chi connectivity index (χ1) is 15.6. The van der Waals surface area contributed by atoms with Crippen LogP contribution in [-0.4, -0.2) is 47.2 Å². The van der Waals surface area contributed by atoms with E-state index in [1.165, 1.54) is 0 Å². The Bertz CT molecular complexity index is 1150. The van der Waals surface area contributed by atoms with Crippen LogP contribution in [0.2, 0.25) is 0 Å². The van der Waals surface area contributed by atoms with E-state index in [9.17, 15) is 14.4 Å². The number of nitrogens with zero attached hydrogens (tertiary/aromatic N) is 1. The molecule has 1 saturated heterocycles. The zero-order chi connectivity index (χ0) is 22.3. The number of likely N-dealkylation sites (tertiary alicyclic amines) is 1. The Morgan fingerprint density at radius 3 is 2.62 bits per heavy atom. The zero-order valence-electron chi connectivity index (χ0n) is 17.8. The summed E-state index contributed by atoms with van der Waals surface area (Å²) in [5.74, 6) is -0.548. The second-order valence-corrected chi connectivity index (χ2v) is 7.76. The van der Waals surface area contributed by atoms with Crippen LogP contribution >= 0.6 is 0 Å². The summed E-state index contributed by atoms with van der Waals surface area (Å²) in [6, 6.07) is 16.5. The fourth-order valence-corrected chi connectivity index (χ4v) is 3.82. The number of amides is 3. The highest BCUT2D eigenvalue weighted by Gasteiger charge is 2.20. The first kappa shape index (κ1) is 21.4. The minimum Gasteiger partial charge on any atom is -0.361 e. The molecule has 1 aromatic heterocycles. The summed E-state index contributed by atoms with van der Waals surface area (Å²) in [7, 11) is 0. The van der Waals surface area contributed by atoms with Gasteiger partial charge < -0.3 is 20.5 Å². The van der Waals surface area contributed by atoms with Crippen LogP contribution in [0.3, 0.4) is 0 Å². The summed E-state index contributed by atoms with van der Waals surface area (Å²) < 4.78 is 0. The van der Waals surface area contributed by atoms with E-state index in [0.717, 1.165) is 29.4 Å². The van der Waals surface area contributed by atoms with Crippen molar-refractivity contribution in [3.8, 4) is 0 Å². The maximum absolute atomic E-state index is 12.9. The Morgan fingerprint density at radius 2 is 1.84 bits per heavy atom. The number of para-hydroxylation sites is 1. The molecule has 2 heterocycles. The van der Waals surface area contributed by atoms with E-state index in [2.05, 4.69) is 15.6 Å². The second-order valence-electron chi connectivity index (χ2n) is 7.76. The molecule has 7 heteroatoms. The predicted octanol–water partition coefficient (Wildman–Crippen LogP) is 3.07. The molecule has 164 valence electrons. The lowest BCUT2D eigenvalue weighted by molar-refractivity contribution is -0.127. The number of fused-ring (bicyclic) bond motifs is 1. The number of nitrogens with one attached hydrogen (secondary N) is 3. The molecule has 0 saturated carbocycles. The van der Waals surface area contributed by atoms with Gasteiger partial charge in [-0.2, -0.15) is 0 Å². The lowest BCUT2D eigenvalue weighted by Crippen LogP contribution is -2.36. The van der Waals surface area contributed by atoms with E-state index >= 15 is 0 Å². The van der Waals surface area contributed by atoms with Crippen molar-refractivity contribution in [3.05, 3.63) is 77.6 Å². The number of benzene rings is 2. The maximum atomic E-state index is 12.9. The average molecular weight is 431 g/mol. The number of aromatic nitrogens is 1. The maximum Gasteiger partial charge on any atom is 0.267 e. The molecule has 32 heavy (non-hydrogen) atoms. The van der Waals surface area contributed by atoms with Crippen molar-refractivity contribution < 1.29 is 14.4 Å². The molecule has 0 aliphatic carbocycles. The number of rotatable bonds is 8. The van der Waals surface area contributed by atoms with Crippen LogP contribution < -0.4 is 10.6 Å². The van der Waals surface area contributed by atoms with E-state index < -0.39 is 0 Å². The Balaban J connectivity index is 1.48. The van der Waals surface area contributed by atoms with Gasteiger partial charge in [0.15, 0.2) is 0 Å². The van der Waals surface area contributed by atoms with Gasteiger partial charge in [-0.05, 0) is 37.1 Å². The summed E-state index contributed by atoms with van der Waals surface area (Å²) in [6.45, 7) is 1.82. The third-order valence-electron chi connectivity index (χ3n) is 5.51. The van der Waals surface area contributed by atoms with E-state index in [1.807, 2.05) is 41.4 Å². The predicted molar refractivity (Wildman–Crippen MR) is 124 cm³/mol. The molecule has 7 nitrogen and oxygen atoms in total. The highest BCUT2D eigenvalue weighted by atomic mass is 16.2. The Labute approximate surface area is 186 Å². The minimum absolute atomic E-state index is 0.167. The first-order valence-electron chi connectivity index (χ1n) is 10.8. The molecule has 3 aromatic rings. The van der Waals surface area contributed by atoms with Gasteiger partial charge in [-0.25, -0.2) is 0 Å². The van der Waals surface area contributed by atoms with Crippen molar-refractivity contribution in [2.75, 3.05) is 19.6 Å². The molecule has 0 atom stereocenters. The van der Waals surface area contributed by atoms with E-state index in [-0.39, 0.29) is 23.4 Å². The fraction of sp³-hybridized carbons (Fsp3) is 0.240. The fourth-order valence-electron chi connectivity index (χ4n) is 3.82. The minimum atomic E-state index is -0.368. The highest BCUT2D eigenvalue weighted by molar-refractivity contribution is 6.06. The third-order valence-corrected chi connectivity index (χ3v) is 5.51. The molecule has 0 unspecified atom stereocenters. The number of carbonyl (C=O) groups excluding carboxylic acids is 3. The van der Waals surface area contributed by atoms with Crippen molar-refractivity contribution in [1.82, 2.24) is 20.5 Å². The molecule has 0 spiro atoms. The standard InChI is InChI=1S/C25H26N4O3/c30-23-12-6-14-29(23)15-7-13-26-25(32)22(28-24(31)18-8-2-1-3-9-18)16-19-17-27-21-11-5-4-10-20(19)21/h1-5,8-11,16-17,27H,6-7,12-15H2,(H,26,32)(H,28,31). The summed E-state index contributed by atoms with van der Waals surface area (Å²) in [5.41, 5.74) is 2.39. The van der Waals surface area contributed by atoms with Crippen molar-refractivity contribution >= 4 is 34.7 Å². The number of aromatic amines is 1. The van der Waals surface area contributed by atoms with Crippen LogP contribution in [0.5, 0.6) is 0 Å². The van der Waals surface area contributed by atoms with Gasteiger partial charge in [-0.1, -0.05) is 36.4 Å². The molecule has 4 rings (SSSR count). The van der Waals surface area contributed by atoms with Gasteiger partial charge in [-0.15, -0.1) is 0 Å². The highest BCUT2D eigenvalue weighted by Crippen LogP contribution is 2.20. The number of carbonyl (C=O) groups is 3. The Morgan fingerprint density at radius 1 is 1.06 bits per heavy atom. The Hall–Kier alpha value is -3.87. The molecule has 1 aliphatic heterocycles. The number of hydrogen-bond donors (Lipinski definition) is 3. The van der Waals surface area contributed by atoms with E-state index in [4.69, 9.17) is 0 Å². The van der Waals surface area contributed by atoms with Gasteiger partial charge in [-0.3, -0.25) is 14.4 Å². The molecule has 0 radical (unpaired) electrons. The number of hydrogen-bond acceptors (Lipinski definition) is 3. The third kappa shape index (κ3) is 5.06. The van der Waals surface area contributed by atoms with Crippen LogP contribution in [-0.2, 0) is 9.59 Å². The van der Waals surface area contributed by atoms with E-state index in [1.54, 1.807) is 30.3 Å². The molecule has 0 bridgehead atoms. The lowest BCUT2D eigenvalue weighted by atomic mass is 10.1. The molecule has 2 aromatic carbocycles. The Kier molecular flexibility index (Phi) is 6.65. The molecule has 3 N–H and O–H groups in total. The second kappa shape index (κ2) is 9.96. The largest absolute Gasteiger partial charge is 0.361 e. The number of H-pyrrole nitrogens is 1.